The predicted molar refractivity (Wildman–Crippen MR) is 139 cm³/mol. The average Bonchev–Trinajstić information content (AvgIpc) is 2.87. The second kappa shape index (κ2) is 12.3. The third kappa shape index (κ3) is 6.91. The molecule has 1 heterocycles. The van der Waals surface area contributed by atoms with Gasteiger partial charge in [-0.25, -0.2) is 0 Å². The highest BCUT2D eigenvalue weighted by molar-refractivity contribution is 5.95. The first-order chi connectivity index (χ1) is 17.2. The van der Waals surface area contributed by atoms with E-state index in [0.717, 1.165) is 16.7 Å². The second-order valence-corrected chi connectivity index (χ2v) is 9.20. The molecule has 0 aromatic heterocycles. The molecule has 2 aromatic rings. The van der Waals surface area contributed by atoms with Crippen molar-refractivity contribution < 1.29 is 14.4 Å². The van der Waals surface area contributed by atoms with Gasteiger partial charge in [0, 0.05) is 32.1 Å². The minimum Gasteiger partial charge on any atom is -0.384 e. The number of hydrogen-bond donors (Lipinski definition) is 5. The zero-order valence-corrected chi connectivity index (χ0v) is 21.1. The number of nitrogens with two attached hydrogens (primary N) is 1. The molecule has 0 radical (unpaired) electrons. The maximum Gasteiger partial charge on any atom is 0.243 e. The summed E-state index contributed by atoms with van der Waals surface area (Å²) in [6.07, 6.45) is 1.48. The number of nitrogens with zero attached hydrogens (tertiary/aromatic N) is 1. The standard InChI is InChI=1S/C27H36N6O3/c1-4-22-27(36)33(3)17(2)25(34)32-23(15-19-8-10-21(11-9-19)24(28)29)26(35)30-13-12-18-6-5-7-20(14-18)16-31-22/h5-11,14,17,22-23,31H,4,12-13,15-16H2,1-3H3,(H3,28,29)(H,30,35)(H,32,34)/t17-,22?,23-/m1/s1. The molecule has 3 rings (SSSR count). The molecule has 9 heteroatoms. The van der Waals surface area contributed by atoms with Gasteiger partial charge in [0.25, 0.3) is 0 Å². The second-order valence-electron chi connectivity index (χ2n) is 9.20. The van der Waals surface area contributed by atoms with Gasteiger partial charge in [-0.3, -0.25) is 19.8 Å². The fourth-order valence-electron chi connectivity index (χ4n) is 4.17. The molecule has 192 valence electrons. The SMILES string of the molecule is CCC1NCc2cccc(c2)CCNC(=O)[C@@H](Cc2ccc(C(=N)N)cc2)NC(=O)[C@@H](C)N(C)C1=O. The van der Waals surface area contributed by atoms with Crippen LogP contribution in [-0.2, 0) is 33.8 Å². The molecule has 1 aliphatic rings. The topological polar surface area (TPSA) is 140 Å². The lowest BCUT2D eigenvalue weighted by molar-refractivity contribution is -0.140. The Bertz CT molecular complexity index is 1100. The number of amides is 3. The number of nitrogens with one attached hydrogen (secondary N) is 4. The van der Waals surface area contributed by atoms with E-state index in [0.29, 0.717) is 31.5 Å². The van der Waals surface area contributed by atoms with Crippen LogP contribution >= 0.6 is 0 Å². The summed E-state index contributed by atoms with van der Waals surface area (Å²) in [6.45, 7) is 4.55. The zero-order valence-electron chi connectivity index (χ0n) is 21.1. The molecule has 1 unspecified atom stereocenters. The first kappa shape index (κ1) is 26.9. The third-order valence-electron chi connectivity index (χ3n) is 6.61. The van der Waals surface area contributed by atoms with E-state index in [9.17, 15) is 14.4 Å². The van der Waals surface area contributed by atoms with E-state index in [1.165, 1.54) is 4.90 Å². The molecule has 0 spiro atoms. The Hall–Kier alpha value is -3.72. The summed E-state index contributed by atoms with van der Waals surface area (Å²) in [5, 5.41) is 16.7. The number of likely N-dealkylation sites (N-methyl/N-ethyl adjacent to an activating group) is 1. The lowest BCUT2D eigenvalue weighted by Gasteiger charge is -2.30. The van der Waals surface area contributed by atoms with E-state index in [1.807, 2.05) is 25.1 Å². The Morgan fingerprint density at radius 3 is 2.42 bits per heavy atom. The van der Waals surface area contributed by atoms with Gasteiger partial charge in [-0.2, -0.15) is 0 Å². The quantitative estimate of drug-likeness (QED) is 0.321. The fraction of sp³-hybridized carbons (Fsp3) is 0.407. The van der Waals surface area contributed by atoms with Gasteiger partial charge in [-0.1, -0.05) is 55.5 Å². The minimum absolute atomic E-state index is 0.0391. The van der Waals surface area contributed by atoms with Gasteiger partial charge in [-0.15, -0.1) is 0 Å². The van der Waals surface area contributed by atoms with E-state index < -0.39 is 24.0 Å². The molecule has 2 aromatic carbocycles. The first-order valence-electron chi connectivity index (χ1n) is 12.3. The van der Waals surface area contributed by atoms with Crippen LogP contribution in [0, 0.1) is 5.41 Å². The highest BCUT2D eigenvalue weighted by Gasteiger charge is 2.30. The van der Waals surface area contributed by atoms with E-state index in [4.69, 9.17) is 11.1 Å². The van der Waals surface area contributed by atoms with E-state index in [2.05, 4.69) is 22.0 Å². The Balaban J connectivity index is 1.86. The van der Waals surface area contributed by atoms with Gasteiger partial charge in [0.15, 0.2) is 0 Å². The van der Waals surface area contributed by atoms with E-state index in [1.54, 1.807) is 38.2 Å². The Labute approximate surface area is 212 Å². The summed E-state index contributed by atoms with van der Waals surface area (Å²) < 4.78 is 0. The molecular weight excluding hydrogens is 456 g/mol. The van der Waals surface area contributed by atoms with Crippen molar-refractivity contribution in [3.05, 3.63) is 70.8 Å². The van der Waals surface area contributed by atoms with Crippen LogP contribution in [0.25, 0.3) is 0 Å². The summed E-state index contributed by atoms with van der Waals surface area (Å²) in [4.78, 5) is 40.8. The van der Waals surface area contributed by atoms with Gasteiger partial charge in [-0.05, 0) is 36.5 Å². The molecule has 36 heavy (non-hydrogen) atoms. The largest absolute Gasteiger partial charge is 0.384 e. The van der Waals surface area contributed by atoms with Crippen LogP contribution in [0.4, 0.5) is 0 Å². The highest BCUT2D eigenvalue weighted by atomic mass is 16.2. The van der Waals surface area contributed by atoms with Crippen molar-refractivity contribution >= 4 is 23.6 Å². The van der Waals surface area contributed by atoms with E-state index >= 15 is 0 Å². The summed E-state index contributed by atoms with van der Waals surface area (Å²) >= 11 is 0. The number of rotatable bonds is 4. The monoisotopic (exact) mass is 492 g/mol. The predicted octanol–water partition coefficient (Wildman–Crippen LogP) is 1.09. The van der Waals surface area contributed by atoms with Crippen LogP contribution in [0.5, 0.6) is 0 Å². The van der Waals surface area contributed by atoms with Crippen LogP contribution in [0.2, 0.25) is 0 Å². The van der Waals surface area contributed by atoms with Crippen LogP contribution < -0.4 is 21.7 Å². The maximum absolute atomic E-state index is 13.1. The van der Waals surface area contributed by atoms with E-state index in [-0.39, 0.29) is 24.1 Å². The van der Waals surface area contributed by atoms with Crippen molar-refractivity contribution in [1.82, 2.24) is 20.9 Å². The van der Waals surface area contributed by atoms with Crippen molar-refractivity contribution in [2.75, 3.05) is 13.6 Å². The van der Waals surface area contributed by atoms with Crippen molar-refractivity contribution in [1.29, 1.82) is 5.41 Å². The van der Waals surface area contributed by atoms with Gasteiger partial charge in [0.1, 0.15) is 17.9 Å². The van der Waals surface area contributed by atoms with Gasteiger partial charge in [0.05, 0.1) is 6.04 Å². The summed E-state index contributed by atoms with van der Waals surface area (Å²) in [5.74, 6) is -0.915. The number of carbonyl (C=O) groups is 3. The zero-order chi connectivity index (χ0) is 26.2. The lowest BCUT2D eigenvalue weighted by atomic mass is 10.0. The fourth-order valence-corrected chi connectivity index (χ4v) is 4.17. The summed E-state index contributed by atoms with van der Waals surface area (Å²) in [5.41, 5.74) is 9.07. The van der Waals surface area contributed by atoms with Crippen molar-refractivity contribution in [3.63, 3.8) is 0 Å². The Morgan fingerprint density at radius 2 is 1.75 bits per heavy atom. The average molecular weight is 493 g/mol. The van der Waals surface area contributed by atoms with Gasteiger partial charge in [0.2, 0.25) is 17.7 Å². The lowest BCUT2D eigenvalue weighted by Crippen LogP contribution is -2.56. The summed E-state index contributed by atoms with van der Waals surface area (Å²) in [7, 11) is 1.61. The number of fused-ring (bicyclic) bond motifs is 2. The highest BCUT2D eigenvalue weighted by Crippen LogP contribution is 2.11. The number of amidine groups is 1. The minimum atomic E-state index is -0.828. The molecular formula is C27H36N6O3. The number of hydrogen-bond acceptors (Lipinski definition) is 5. The Morgan fingerprint density at radius 1 is 1.06 bits per heavy atom. The van der Waals surface area contributed by atoms with Crippen LogP contribution in [-0.4, -0.2) is 60.2 Å². The van der Waals surface area contributed by atoms with Gasteiger partial charge >= 0.3 is 0 Å². The number of nitrogen functional groups attached to an aromatic ring is 1. The summed E-state index contributed by atoms with van der Waals surface area (Å²) in [6, 6.07) is 13.0. The molecule has 0 fully saturated rings. The van der Waals surface area contributed by atoms with Crippen molar-refractivity contribution in [3.8, 4) is 0 Å². The normalized spacial score (nSPS) is 22.0. The molecule has 1 aliphatic heterocycles. The van der Waals surface area contributed by atoms with Crippen LogP contribution in [0.3, 0.4) is 0 Å². The maximum atomic E-state index is 13.1. The number of benzene rings is 2. The Kier molecular flexibility index (Phi) is 9.19. The van der Waals surface area contributed by atoms with Crippen LogP contribution in [0.15, 0.2) is 48.5 Å². The van der Waals surface area contributed by atoms with Gasteiger partial charge < -0.3 is 26.6 Å². The molecule has 0 saturated carbocycles. The van der Waals surface area contributed by atoms with Crippen LogP contribution in [0.1, 0.15) is 42.5 Å². The molecule has 0 aliphatic carbocycles. The number of carbonyl (C=O) groups excluding carboxylic acids is 3. The molecule has 0 saturated heterocycles. The molecule has 3 atom stereocenters. The molecule has 2 bridgehead atoms. The molecule has 9 nitrogen and oxygen atoms in total. The molecule has 6 N–H and O–H groups in total. The third-order valence-corrected chi connectivity index (χ3v) is 6.61. The van der Waals surface area contributed by atoms with Crippen molar-refractivity contribution in [2.24, 2.45) is 5.73 Å². The van der Waals surface area contributed by atoms with Crippen molar-refractivity contribution in [2.45, 2.75) is 57.8 Å². The smallest absolute Gasteiger partial charge is 0.243 e. The molecule has 3 amide bonds. The first-order valence-corrected chi connectivity index (χ1v) is 12.3.